The Balaban J connectivity index is 1.42. The monoisotopic (exact) mass is 449 g/mol. The predicted molar refractivity (Wildman–Crippen MR) is 117 cm³/mol. The van der Waals surface area contributed by atoms with Gasteiger partial charge in [-0.25, -0.2) is 4.79 Å². The van der Waals surface area contributed by atoms with Crippen molar-refractivity contribution in [1.82, 2.24) is 14.5 Å². The Morgan fingerprint density at radius 3 is 2.47 bits per heavy atom. The molecule has 3 atom stereocenters. The molecule has 1 aliphatic heterocycles. The minimum absolute atomic E-state index is 0.0313. The van der Waals surface area contributed by atoms with Crippen LogP contribution in [0.1, 0.15) is 43.9 Å². The van der Waals surface area contributed by atoms with Gasteiger partial charge in [0.15, 0.2) is 0 Å². The molecular formula is C24H30F3N3O2. The van der Waals surface area contributed by atoms with E-state index >= 15 is 0 Å². The first kappa shape index (κ1) is 22.8. The van der Waals surface area contributed by atoms with Crippen molar-refractivity contribution in [2.24, 2.45) is 17.3 Å². The third-order valence-corrected chi connectivity index (χ3v) is 7.63. The Morgan fingerprint density at radius 2 is 1.84 bits per heavy atom. The number of nitrogens with one attached hydrogen (secondary N) is 1. The Bertz CT molecular complexity index is 1120. The maximum Gasteiger partial charge on any atom is 0.416 e. The van der Waals surface area contributed by atoms with Crippen LogP contribution in [0.2, 0.25) is 0 Å². The molecule has 1 saturated heterocycles. The average molecular weight is 450 g/mol. The number of fused-ring (bicyclic) bond motifs is 1. The van der Waals surface area contributed by atoms with Crippen molar-refractivity contribution in [3.8, 4) is 0 Å². The highest BCUT2D eigenvalue weighted by atomic mass is 19.4. The molecule has 0 amide bonds. The van der Waals surface area contributed by atoms with Crippen LogP contribution in [0.4, 0.5) is 13.2 Å². The van der Waals surface area contributed by atoms with E-state index in [1.807, 2.05) is 0 Å². The molecule has 2 aromatic rings. The lowest BCUT2D eigenvalue weighted by Gasteiger charge is -2.37. The number of hydrogen-bond donors (Lipinski definition) is 1. The van der Waals surface area contributed by atoms with Gasteiger partial charge in [0.05, 0.1) is 5.56 Å². The summed E-state index contributed by atoms with van der Waals surface area (Å²) in [6, 6.07) is 5.67. The summed E-state index contributed by atoms with van der Waals surface area (Å²) in [7, 11) is 0. The maximum absolute atomic E-state index is 12.9. The summed E-state index contributed by atoms with van der Waals surface area (Å²) in [4.78, 5) is 28.5. The number of benzene rings is 1. The molecule has 8 heteroatoms. The van der Waals surface area contributed by atoms with Gasteiger partial charge in [-0.3, -0.25) is 9.78 Å². The lowest BCUT2D eigenvalue weighted by atomic mass is 9.79. The minimum Gasteiger partial charge on any atom is -0.302 e. The third kappa shape index (κ3) is 4.17. The fourth-order valence-electron chi connectivity index (χ4n) is 5.17. The number of halogens is 3. The van der Waals surface area contributed by atoms with Crippen LogP contribution in [0.5, 0.6) is 0 Å². The minimum atomic E-state index is -4.31. The second kappa shape index (κ2) is 7.61. The van der Waals surface area contributed by atoms with Crippen molar-refractivity contribution in [3.05, 3.63) is 68.0 Å². The van der Waals surface area contributed by atoms with Crippen molar-refractivity contribution >= 4 is 0 Å². The molecule has 5 nitrogen and oxygen atoms in total. The van der Waals surface area contributed by atoms with Gasteiger partial charge >= 0.3 is 11.9 Å². The largest absolute Gasteiger partial charge is 0.416 e. The van der Waals surface area contributed by atoms with Gasteiger partial charge in [0.25, 0.3) is 5.56 Å². The summed E-state index contributed by atoms with van der Waals surface area (Å²) in [6.07, 6.45) is -1.68. The van der Waals surface area contributed by atoms with Gasteiger partial charge in [-0.2, -0.15) is 13.2 Å². The van der Waals surface area contributed by atoms with E-state index in [4.69, 9.17) is 0 Å². The van der Waals surface area contributed by atoms with Crippen LogP contribution in [0.25, 0.3) is 0 Å². The van der Waals surface area contributed by atoms with Crippen LogP contribution in [-0.4, -0.2) is 34.1 Å². The lowest BCUT2D eigenvalue weighted by Crippen LogP contribution is -2.41. The highest BCUT2D eigenvalue weighted by Crippen LogP contribution is 2.59. The van der Waals surface area contributed by atoms with Gasteiger partial charge in [0.1, 0.15) is 0 Å². The van der Waals surface area contributed by atoms with E-state index in [-0.39, 0.29) is 22.3 Å². The molecule has 3 unspecified atom stereocenters. The van der Waals surface area contributed by atoms with Crippen molar-refractivity contribution in [1.29, 1.82) is 0 Å². The summed E-state index contributed by atoms with van der Waals surface area (Å²) in [5, 5.41) is 0. The molecule has 4 rings (SSSR count). The molecule has 1 N–H and O–H groups in total. The van der Waals surface area contributed by atoms with E-state index in [0.29, 0.717) is 18.0 Å². The van der Waals surface area contributed by atoms with Gasteiger partial charge in [0.2, 0.25) is 0 Å². The van der Waals surface area contributed by atoms with Crippen LogP contribution in [-0.2, 0) is 18.1 Å². The van der Waals surface area contributed by atoms with Crippen molar-refractivity contribution < 1.29 is 13.2 Å². The molecule has 2 heterocycles. The van der Waals surface area contributed by atoms with Crippen molar-refractivity contribution in [2.45, 2.75) is 52.3 Å². The van der Waals surface area contributed by atoms with Gasteiger partial charge < -0.3 is 9.47 Å². The lowest BCUT2D eigenvalue weighted by molar-refractivity contribution is -0.137. The Kier molecular flexibility index (Phi) is 5.43. The van der Waals surface area contributed by atoms with E-state index < -0.39 is 17.4 Å². The molecule has 1 aliphatic carbocycles. The molecule has 0 radical (unpaired) electrons. The van der Waals surface area contributed by atoms with E-state index in [1.165, 1.54) is 12.1 Å². The fourth-order valence-corrected chi connectivity index (χ4v) is 5.17. The Labute approximate surface area is 185 Å². The molecule has 2 fully saturated rings. The number of aryl methyl sites for hydroxylation is 1. The second-order valence-electron chi connectivity index (χ2n) is 10.4. The molecular weight excluding hydrogens is 419 g/mol. The number of H-pyrrole nitrogens is 1. The molecule has 1 aromatic carbocycles. The van der Waals surface area contributed by atoms with Gasteiger partial charge in [-0.15, -0.1) is 0 Å². The molecule has 1 aromatic heterocycles. The number of piperidine rings is 1. The number of alkyl halides is 3. The summed E-state index contributed by atoms with van der Waals surface area (Å²) in [5.41, 5.74) is 0.0204. The maximum atomic E-state index is 12.9. The normalized spacial score (nSPS) is 24.4. The first-order chi connectivity index (χ1) is 14.8. The fraction of sp³-hybridized carbons (Fsp3) is 0.583. The molecule has 2 aliphatic rings. The number of hydrogen-bond acceptors (Lipinski definition) is 3. The molecule has 174 valence electrons. The van der Waals surface area contributed by atoms with Crippen LogP contribution in [0.3, 0.4) is 0 Å². The number of nitrogens with zero attached hydrogens (tertiary/aromatic N) is 2. The summed E-state index contributed by atoms with van der Waals surface area (Å²) >= 11 is 0. The first-order valence-corrected chi connectivity index (χ1v) is 11.0. The highest BCUT2D eigenvalue weighted by molar-refractivity contribution is 5.39. The van der Waals surface area contributed by atoms with E-state index in [1.54, 1.807) is 29.8 Å². The summed E-state index contributed by atoms with van der Waals surface area (Å²) < 4.78 is 40.3. The van der Waals surface area contributed by atoms with E-state index in [2.05, 4.69) is 30.7 Å². The van der Waals surface area contributed by atoms with Crippen molar-refractivity contribution in [3.63, 3.8) is 0 Å². The van der Waals surface area contributed by atoms with E-state index in [9.17, 15) is 22.8 Å². The zero-order chi connectivity index (χ0) is 23.5. The van der Waals surface area contributed by atoms with Crippen LogP contribution in [0.15, 0.2) is 40.1 Å². The van der Waals surface area contributed by atoms with Gasteiger partial charge in [0, 0.05) is 43.4 Å². The number of aromatic nitrogens is 2. The van der Waals surface area contributed by atoms with Crippen LogP contribution >= 0.6 is 0 Å². The predicted octanol–water partition coefficient (Wildman–Crippen LogP) is 3.80. The summed E-state index contributed by atoms with van der Waals surface area (Å²) in [5.74, 6) is 0.652. The molecule has 0 bridgehead atoms. The molecule has 32 heavy (non-hydrogen) atoms. The number of likely N-dealkylation sites (tertiary alicyclic amines) is 1. The topological polar surface area (TPSA) is 58.1 Å². The Morgan fingerprint density at radius 1 is 1.19 bits per heavy atom. The standard InChI is InChI=1S/C24H30F3N3O2/c1-15-10-30(21(32)28-20(15)31)11-16(2)22(3,4)13-29-12-19-9-23(19,14-29)17-5-7-18(8-6-17)24(25,26)27/h5-8,10,16,19H,9,11-14H2,1-4H3,(H,28,31,32). The van der Waals surface area contributed by atoms with Crippen LogP contribution in [0, 0.1) is 24.2 Å². The van der Waals surface area contributed by atoms with E-state index in [0.717, 1.165) is 31.6 Å². The third-order valence-electron chi connectivity index (χ3n) is 7.63. The van der Waals surface area contributed by atoms with Gasteiger partial charge in [-0.1, -0.05) is 32.9 Å². The average Bonchev–Trinajstić information content (AvgIpc) is 3.27. The number of rotatable bonds is 6. The zero-order valence-corrected chi connectivity index (χ0v) is 18.9. The summed E-state index contributed by atoms with van der Waals surface area (Å²) in [6.45, 7) is 11.3. The Hall–Kier alpha value is -2.35. The first-order valence-electron chi connectivity index (χ1n) is 11.0. The smallest absolute Gasteiger partial charge is 0.302 e. The molecule has 1 saturated carbocycles. The number of aromatic amines is 1. The van der Waals surface area contributed by atoms with Crippen molar-refractivity contribution in [2.75, 3.05) is 19.6 Å². The molecule has 0 spiro atoms. The quantitative estimate of drug-likeness (QED) is 0.730. The zero-order valence-electron chi connectivity index (χ0n) is 18.9. The highest BCUT2D eigenvalue weighted by Gasteiger charge is 2.60. The SMILES string of the molecule is Cc1cn(CC(C)C(C)(C)CN2CC3CC3(c3ccc(C(F)(F)F)cc3)C2)c(=O)[nH]c1=O. The second-order valence-corrected chi connectivity index (χ2v) is 10.4. The van der Waals surface area contributed by atoms with Crippen LogP contribution < -0.4 is 11.2 Å². The van der Waals surface area contributed by atoms with Gasteiger partial charge in [-0.05, 0) is 48.3 Å².